The molecule has 1 heterocycles. The van der Waals surface area contributed by atoms with Gasteiger partial charge in [0.2, 0.25) is 0 Å². The van der Waals surface area contributed by atoms with Crippen LogP contribution in [0.1, 0.15) is 40.0 Å². The van der Waals surface area contributed by atoms with E-state index >= 15 is 0 Å². The Morgan fingerprint density at radius 3 is 2.41 bits per heavy atom. The molecule has 0 aromatic carbocycles. The molecule has 0 amide bonds. The minimum atomic E-state index is 0.549. The Bertz CT molecular complexity index is 191. The van der Waals surface area contributed by atoms with E-state index in [1.54, 1.807) is 0 Å². The predicted molar refractivity (Wildman–Crippen MR) is 73.4 cm³/mol. The molecule has 1 aliphatic heterocycles. The summed E-state index contributed by atoms with van der Waals surface area (Å²) in [4.78, 5) is 2.56. The Labute approximate surface area is 107 Å². The molecule has 1 rings (SSSR count). The van der Waals surface area contributed by atoms with E-state index in [2.05, 4.69) is 31.0 Å². The van der Waals surface area contributed by atoms with Gasteiger partial charge in [0, 0.05) is 19.7 Å². The van der Waals surface area contributed by atoms with Crippen molar-refractivity contribution in [2.24, 2.45) is 5.41 Å². The molecule has 0 aliphatic carbocycles. The number of rotatable bonds is 8. The number of nitrogens with zero attached hydrogens (tertiary/aromatic N) is 1. The smallest absolute Gasteiger partial charge is 0.0593 e. The Kier molecular flexibility index (Phi) is 7.09. The van der Waals surface area contributed by atoms with Crippen molar-refractivity contribution in [3.05, 3.63) is 0 Å². The van der Waals surface area contributed by atoms with Gasteiger partial charge in [-0.05, 0) is 51.2 Å². The fraction of sp³-hybridized carbons (Fsp3) is 1.00. The molecule has 1 saturated heterocycles. The van der Waals surface area contributed by atoms with E-state index in [-0.39, 0.29) is 0 Å². The molecule has 3 heteroatoms. The first-order chi connectivity index (χ1) is 8.26. The van der Waals surface area contributed by atoms with Gasteiger partial charge in [-0.25, -0.2) is 0 Å². The topological polar surface area (TPSA) is 24.5 Å². The maximum Gasteiger partial charge on any atom is 0.0593 e. The molecule has 0 radical (unpaired) electrons. The molecule has 0 atom stereocenters. The fourth-order valence-corrected chi connectivity index (χ4v) is 2.74. The van der Waals surface area contributed by atoms with E-state index in [0.29, 0.717) is 5.41 Å². The number of nitrogens with one attached hydrogen (secondary N) is 1. The summed E-state index contributed by atoms with van der Waals surface area (Å²) < 4.78 is 5.47. The van der Waals surface area contributed by atoms with Gasteiger partial charge in [0.1, 0.15) is 0 Å². The third-order valence-corrected chi connectivity index (χ3v) is 4.18. The molecule has 0 spiro atoms. The first kappa shape index (κ1) is 14.9. The maximum atomic E-state index is 5.47. The highest BCUT2D eigenvalue weighted by Crippen LogP contribution is 2.33. The maximum absolute atomic E-state index is 5.47. The van der Waals surface area contributed by atoms with Crippen LogP contribution >= 0.6 is 0 Å². The average Bonchev–Trinajstić information content (AvgIpc) is 2.39. The van der Waals surface area contributed by atoms with Gasteiger partial charge in [0.25, 0.3) is 0 Å². The molecule has 0 aromatic rings. The lowest BCUT2D eigenvalue weighted by molar-refractivity contribution is 0.0725. The Morgan fingerprint density at radius 1 is 1.18 bits per heavy atom. The van der Waals surface area contributed by atoms with Crippen molar-refractivity contribution in [1.82, 2.24) is 10.2 Å². The summed E-state index contributed by atoms with van der Waals surface area (Å²) in [6.07, 6.45) is 3.96. The zero-order valence-corrected chi connectivity index (χ0v) is 11.9. The number of piperidine rings is 1. The third kappa shape index (κ3) is 4.94. The van der Waals surface area contributed by atoms with Gasteiger partial charge in [-0.2, -0.15) is 0 Å². The van der Waals surface area contributed by atoms with Crippen LogP contribution < -0.4 is 5.32 Å². The van der Waals surface area contributed by atoms with E-state index < -0.39 is 0 Å². The molecule has 0 unspecified atom stereocenters. The quantitative estimate of drug-likeness (QED) is 0.660. The second kappa shape index (κ2) is 8.06. The van der Waals surface area contributed by atoms with Crippen LogP contribution in [0.5, 0.6) is 0 Å². The normalized spacial score (nSPS) is 19.8. The van der Waals surface area contributed by atoms with Crippen molar-refractivity contribution in [2.45, 2.75) is 40.0 Å². The molecule has 3 nitrogen and oxygen atoms in total. The van der Waals surface area contributed by atoms with Gasteiger partial charge in [0.05, 0.1) is 6.61 Å². The van der Waals surface area contributed by atoms with E-state index in [4.69, 9.17) is 4.74 Å². The van der Waals surface area contributed by atoms with Gasteiger partial charge < -0.3 is 15.0 Å². The van der Waals surface area contributed by atoms with Crippen LogP contribution in [0, 0.1) is 5.41 Å². The van der Waals surface area contributed by atoms with Crippen LogP contribution in [0.25, 0.3) is 0 Å². The van der Waals surface area contributed by atoms with E-state index in [1.165, 1.54) is 38.9 Å². The van der Waals surface area contributed by atoms with E-state index in [0.717, 1.165) is 26.3 Å². The molecule has 102 valence electrons. The highest BCUT2D eigenvalue weighted by atomic mass is 16.5. The zero-order chi connectivity index (χ0) is 12.6. The molecule has 1 aliphatic rings. The lowest BCUT2D eigenvalue weighted by atomic mass is 9.76. The molecule has 0 bridgehead atoms. The Hall–Kier alpha value is -0.120. The van der Waals surface area contributed by atoms with Gasteiger partial charge in [-0.1, -0.05) is 13.8 Å². The van der Waals surface area contributed by atoms with Gasteiger partial charge in [-0.3, -0.25) is 0 Å². The van der Waals surface area contributed by atoms with Gasteiger partial charge >= 0.3 is 0 Å². The summed E-state index contributed by atoms with van der Waals surface area (Å²) in [6.45, 7) is 14.2. The summed E-state index contributed by atoms with van der Waals surface area (Å²) in [7, 11) is 0. The number of ether oxygens (including phenoxy) is 1. The molecule has 0 aromatic heterocycles. The van der Waals surface area contributed by atoms with Crippen LogP contribution in [0.2, 0.25) is 0 Å². The molecule has 17 heavy (non-hydrogen) atoms. The van der Waals surface area contributed by atoms with E-state index in [1.807, 2.05) is 0 Å². The summed E-state index contributed by atoms with van der Waals surface area (Å²) in [5.74, 6) is 0. The summed E-state index contributed by atoms with van der Waals surface area (Å²) >= 11 is 0. The van der Waals surface area contributed by atoms with Gasteiger partial charge in [0.15, 0.2) is 0 Å². The third-order valence-electron chi connectivity index (χ3n) is 4.18. The molecular formula is C14H30N2O. The molecule has 0 saturated carbocycles. The Morgan fingerprint density at radius 2 is 1.88 bits per heavy atom. The SMILES string of the molecule is CCOCCN(CC)CC1(CC)CCNCC1. The summed E-state index contributed by atoms with van der Waals surface area (Å²) in [5.41, 5.74) is 0.549. The van der Waals surface area contributed by atoms with E-state index in [9.17, 15) is 0 Å². The Balaban J connectivity index is 2.40. The number of likely N-dealkylation sites (N-methyl/N-ethyl adjacent to an activating group) is 1. The molecular weight excluding hydrogens is 212 g/mol. The van der Waals surface area contributed by atoms with Crippen molar-refractivity contribution in [1.29, 1.82) is 0 Å². The van der Waals surface area contributed by atoms with Crippen molar-refractivity contribution in [2.75, 3.05) is 45.9 Å². The van der Waals surface area contributed by atoms with Crippen LogP contribution in [0.15, 0.2) is 0 Å². The van der Waals surface area contributed by atoms with Crippen molar-refractivity contribution in [3.63, 3.8) is 0 Å². The highest BCUT2D eigenvalue weighted by Gasteiger charge is 2.31. The summed E-state index contributed by atoms with van der Waals surface area (Å²) in [5, 5.41) is 3.47. The number of hydrogen-bond donors (Lipinski definition) is 1. The van der Waals surface area contributed by atoms with Crippen molar-refractivity contribution >= 4 is 0 Å². The monoisotopic (exact) mass is 242 g/mol. The second-order valence-electron chi connectivity index (χ2n) is 5.17. The molecule has 1 fully saturated rings. The minimum absolute atomic E-state index is 0.549. The highest BCUT2D eigenvalue weighted by molar-refractivity contribution is 4.86. The minimum Gasteiger partial charge on any atom is -0.380 e. The lowest BCUT2D eigenvalue weighted by Gasteiger charge is -2.40. The van der Waals surface area contributed by atoms with Crippen LogP contribution in [0.4, 0.5) is 0 Å². The summed E-state index contributed by atoms with van der Waals surface area (Å²) in [6, 6.07) is 0. The predicted octanol–water partition coefficient (Wildman–Crippen LogP) is 2.12. The molecule has 1 N–H and O–H groups in total. The second-order valence-corrected chi connectivity index (χ2v) is 5.17. The largest absolute Gasteiger partial charge is 0.380 e. The van der Waals surface area contributed by atoms with Crippen LogP contribution in [0.3, 0.4) is 0 Å². The van der Waals surface area contributed by atoms with Crippen LogP contribution in [-0.4, -0.2) is 50.8 Å². The standard InChI is InChI=1S/C14H30N2O/c1-4-14(7-9-15-10-8-14)13-16(5-2)11-12-17-6-3/h15H,4-13H2,1-3H3. The average molecular weight is 242 g/mol. The van der Waals surface area contributed by atoms with Crippen molar-refractivity contribution < 1.29 is 4.74 Å². The van der Waals surface area contributed by atoms with Crippen molar-refractivity contribution in [3.8, 4) is 0 Å². The first-order valence-corrected chi connectivity index (χ1v) is 7.27. The lowest BCUT2D eigenvalue weighted by Crippen LogP contribution is -2.45. The fourth-order valence-electron chi connectivity index (χ4n) is 2.74. The van der Waals surface area contributed by atoms with Crippen LogP contribution in [-0.2, 0) is 4.74 Å². The first-order valence-electron chi connectivity index (χ1n) is 7.27. The zero-order valence-electron chi connectivity index (χ0n) is 11.9. The number of hydrogen-bond acceptors (Lipinski definition) is 3. The van der Waals surface area contributed by atoms with Gasteiger partial charge in [-0.15, -0.1) is 0 Å².